The van der Waals surface area contributed by atoms with Gasteiger partial charge in [0.1, 0.15) is 16.9 Å². The molecule has 3 atom stereocenters. The van der Waals surface area contributed by atoms with Crippen LogP contribution < -0.4 is 5.76 Å². The van der Waals surface area contributed by atoms with Crippen LogP contribution in [0.2, 0.25) is 0 Å². The van der Waals surface area contributed by atoms with Crippen LogP contribution in [-0.4, -0.2) is 45.0 Å². The molecule has 0 spiro atoms. The number of carbonyl (C=O) groups excluding carboxylic acids is 1. The Morgan fingerprint density at radius 2 is 2.10 bits per heavy atom. The number of pyridine rings is 1. The fourth-order valence-electron chi connectivity index (χ4n) is 5.08. The van der Waals surface area contributed by atoms with Gasteiger partial charge >= 0.3 is 11.7 Å². The quantitative estimate of drug-likeness (QED) is 0.638. The Balaban J connectivity index is 1.66. The second-order valence-corrected chi connectivity index (χ2v) is 9.31. The number of nitrogens with zero attached hydrogens (tertiary/aromatic N) is 3. The fourth-order valence-corrected chi connectivity index (χ4v) is 5.08. The highest BCUT2D eigenvalue weighted by Crippen LogP contribution is 2.55. The molecule has 2 aliphatic rings. The third kappa shape index (κ3) is 3.10. The molecule has 0 amide bonds. The average molecular weight is 426 g/mol. The maximum Gasteiger partial charge on any atom is 0.438 e. The summed E-state index contributed by atoms with van der Waals surface area (Å²) in [6.45, 7) is 6.96. The minimum Gasteiger partial charge on any atom is -0.464 e. The first-order valence-electron chi connectivity index (χ1n) is 10.6. The molecule has 2 fully saturated rings. The molecule has 1 saturated carbocycles. The third-order valence-electron chi connectivity index (χ3n) is 6.75. The van der Waals surface area contributed by atoms with E-state index in [2.05, 4.69) is 30.1 Å². The van der Waals surface area contributed by atoms with Crippen molar-refractivity contribution in [3.63, 3.8) is 0 Å². The summed E-state index contributed by atoms with van der Waals surface area (Å²) < 4.78 is 17.5. The minimum absolute atomic E-state index is 0.130. The Morgan fingerprint density at radius 1 is 1.32 bits per heavy atom. The second-order valence-electron chi connectivity index (χ2n) is 9.31. The molecule has 0 aromatic carbocycles. The molecule has 1 aliphatic carbocycles. The van der Waals surface area contributed by atoms with E-state index in [0.29, 0.717) is 36.1 Å². The highest BCUT2D eigenvalue weighted by atomic mass is 16.5. The third-order valence-corrected chi connectivity index (χ3v) is 6.75. The standard InChI is InChI=1S/C22H26N4O5/c1-12-9-22(12,19-24-20(28)31-25-19)26-16(18(27)29-4)8-14-7-15(11-23-17(14)26)13-5-6-30-21(2,3)10-13/h7-8,11-13H,5-6,9-10H2,1-4H3,(H,24,25,28). The van der Waals surface area contributed by atoms with Gasteiger partial charge in [-0.1, -0.05) is 12.1 Å². The number of aromatic amines is 1. The molecule has 9 nitrogen and oxygen atoms in total. The number of carbonyl (C=O) groups is 1. The molecule has 3 unspecified atom stereocenters. The number of fused-ring (bicyclic) bond motifs is 1. The van der Waals surface area contributed by atoms with E-state index in [1.54, 1.807) is 0 Å². The number of rotatable bonds is 4. The first-order valence-corrected chi connectivity index (χ1v) is 10.6. The second kappa shape index (κ2) is 6.78. The van der Waals surface area contributed by atoms with Crippen molar-refractivity contribution < 1.29 is 18.8 Å². The maximum atomic E-state index is 12.7. The average Bonchev–Trinajstić information content (AvgIpc) is 3.06. The Hall–Kier alpha value is -2.94. The zero-order valence-corrected chi connectivity index (χ0v) is 18.1. The molecule has 0 bridgehead atoms. The molecule has 5 rings (SSSR count). The van der Waals surface area contributed by atoms with Crippen LogP contribution in [0.15, 0.2) is 27.6 Å². The van der Waals surface area contributed by atoms with Crippen LogP contribution in [-0.2, 0) is 15.0 Å². The molecular weight excluding hydrogens is 400 g/mol. The van der Waals surface area contributed by atoms with E-state index >= 15 is 0 Å². The van der Waals surface area contributed by atoms with Crippen LogP contribution in [0.3, 0.4) is 0 Å². The van der Waals surface area contributed by atoms with Gasteiger partial charge in [0.05, 0.1) is 12.7 Å². The fraction of sp³-hybridized carbons (Fsp3) is 0.545. The van der Waals surface area contributed by atoms with Crippen molar-refractivity contribution in [3.8, 4) is 0 Å². The van der Waals surface area contributed by atoms with E-state index in [1.165, 1.54) is 7.11 Å². The lowest BCUT2D eigenvalue weighted by Gasteiger charge is -2.35. The number of esters is 1. The molecule has 1 saturated heterocycles. The van der Waals surface area contributed by atoms with Crippen LogP contribution in [0, 0.1) is 5.92 Å². The first kappa shape index (κ1) is 20.0. The van der Waals surface area contributed by atoms with Crippen LogP contribution in [0.1, 0.15) is 67.8 Å². The van der Waals surface area contributed by atoms with Gasteiger partial charge in [-0.3, -0.25) is 9.51 Å². The maximum absolute atomic E-state index is 12.7. The van der Waals surface area contributed by atoms with Crippen molar-refractivity contribution in [2.24, 2.45) is 5.92 Å². The van der Waals surface area contributed by atoms with Gasteiger partial charge in [-0.25, -0.2) is 14.6 Å². The van der Waals surface area contributed by atoms with E-state index < -0.39 is 17.3 Å². The molecule has 164 valence electrons. The molecular formula is C22H26N4O5. The van der Waals surface area contributed by atoms with E-state index in [1.807, 2.05) is 23.8 Å². The topological polar surface area (TPSA) is 112 Å². The van der Waals surface area contributed by atoms with Crippen molar-refractivity contribution in [1.29, 1.82) is 0 Å². The van der Waals surface area contributed by atoms with Gasteiger partial charge in [0, 0.05) is 18.2 Å². The van der Waals surface area contributed by atoms with Gasteiger partial charge in [0.15, 0.2) is 5.82 Å². The van der Waals surface area contributed by atoms with Gasteiger partial charge in [0.25, 0.3) is 0 Å². The normalized spacial score (nSPS) is 27.4. The summed E-state index contributed by atoms with van der Waals surface area (Å²) in [5, 5.41) is 4.79. The number of nitrogens with one attached hydrogen (secondary N) is 1. The molecule has 3 aromatic heterocycles. The highest BCUT2D eigenvalue weighted by molar-refractivity contribution is 5.95. The van der Waals surface area contributed by atoms with Crippen LogP contribution >= 0.6 is 0 Å². The van der Waals surface area contributed by atoms with Crippen LogP contribution in [0.4, 0.5) is 0 Å². The summed E-state index contributed by atoms with van der Waals surface area (Å²) in [6.07, 6.45) is 4.42. The van der Waals surface area contributed by atoms with Crippen molar-refractivity contribution in [2.45, 2.75) is 57.1 Å². The largest absolute Gasteiger partial charge is 0.464 e. The van der Waals surface area contributed by atoms with Crippen LogP contribution in [0.5, 0.6) is 0 Å². The lowest BCUT2D eigenvalue weighted by atomic mass is 9.84. The van der Waals surface area contributed by atoms with Crippen molar-refractivity contribution in [2.75, 3.05) is 13.7 Å². The Bertz CT molecular complexity index is 1220. The van der Waals surface area contributed by atoms with E-state index in [4.69, 9.17) is 19.0 Å². The number of ether oxygens (including phenoxy) is 2. The molecule has 4 heterocycles. The monoisotopic (exact) mass is 426 g/mol. The smallest absolute Gasteiger partial charge is 0.438 e. The SMILES string of the molecule is COC(=O)c1cc2cc(C3CCOC(C)(C)C3)cnc2n1C1(c2noc(=O)[nH]2)CC1C. The Kier molecular flexibility index (Phi) is 4.37. The number of aromatic nitrogens is 4. The Labute approximate surface area is 178 Å². The van der Waals surface area contributed by atoms with Crippen molar-refractivity contribution >= 4 is 17.0 Å². The summed E-state index contributed by atoms with van der Waals surface area (Å²) in [4.78, 5) is 31.8. The summed E-state index contributed by atoms with van der Waals surface area (Å²) in [7, 11) is 1.36. The van der Waals surface area contributed by atoms with Gasteiger partial charge in [-0.05, 0) is 62.6 Å². The lowest BCUT2D eigenvalue weighted by molar-refractivity contribution is -0.0593. The van der Waals surface area contributed by atoms with E-state index in [0.717, 1.165) is 23.8 Å². The zero-order chi connectivity index (χ0) is 22.0. The summed E-state index contributed by atoms with van der Waals surface area (Å²) in [5.74, 6) is -0.223. The number of hydrogen-bond acceptors (Lipinski definition) is 7. The molecule has 0 radical (unpaired) electrons. The van der Waals surface area contributed by atoms with Crippen molar-refractivity contribution in [1.82, 2.24) is 19.7 Å². The van der Waals surface area contributed by atoms with Gasteiger partial charge < -0.3 is 14.0 Å². The van der Waals surface area contributed by atoms with Crippen LogP contribution in [0.25, 0.3) is 11.0 Å². The molecule has 1 aliphatic heterocycles. The molecule has 1 N–H and O–H groups in total. The van der Waals surface area contributed by atoms with Crippen molar-refractivity contribution in [3.05, 3.63) is 46.0 Å². The summed E-state index contributed by atoms with van der Waals surface area (Å²) in [6, 6.07) is 3.91. The molecule has 31 heavy (non-hydrogen) atoms. The van der Waals surface area contributed by atoms with Gasteiger partial charge in [-0.15, -0.1) is 0 Å². The predicted molar refractivity (Wildman–Crippen MR) is 111 cm³/mol. The zero-order valence-electron chi connectivity index (χ0n) is 18.1. The van der Waals surface area contributed by atoms with Gasteiger partial charge in [-0.2, -0.15) is 0 Å². The van der Waals surface area contributed by atoms with E-state index in [-0.39, 0.29) is 11.5 Å². The molecule has 3 aromatic rings. The Morgan fingerprint density at radius 3 is 2.71 bits per heavy atom. The number of hydrogen-bond donors (Lipinski definition) is 1. The highest BCUT2D eigenvalue weighted by Gasteiger charge is 2.59. The molecule has 9 heteroatoms. The van der Waals surface area contributed by atoms with Gasteiger partial charge in [0.2, 0.25) is 0 Å². The summed E-state index contributed by atoms with van der Waals surface area (Å²) in [5.41, 5.74) is 1.29. The lowest BCUT2D eigenvalue weighted by Crippen LogP contribution is -2.33. The minimum atomic E-state index is -0.702. The predicted octanol–water partition coefficient (Wildman–Crippen LogP) is 2.96. The number of H-pyrrole nitrogens is 1. The van der Waals surface area contributed by atoms with E-state index in [9.17, 15) is 9.59 Å². The summed E-state index contributed by atoms with van der Waals surface area (Å²) >= 11 is 0. The first-order chi connectivity index (χ1) is 14.7. The number of methoxy groups -OCH3 is 1.